The molecule has 0 spiro atoms. The van der Waals surface area contributed by atoms with Crippen molar-refractivity contribution in [2.24, 2.45) is 0 Å². The molecular weight excluding hydrogens is 385 g/mol. The molecule has 3 aromatic rings. The van der Waals surface area contributed by atoms with E-state index >= 15 is 0 Å². The molecule has 0 unspecified atom stereocenters. The summed E-state index contributed by atoms with van der Waals surface area (Å²) >= 11 is 1.47. The molecule has 0 bridgehead atoms. The lowest BCUT2D eigenvalue weighted by molar-refractivity contribution is 0.210. The van der Waals surface area contributed by atoms with Crippen molar-refractivity contribution in [2.45, 2.75) is 49.2 Å². The number of thioether (sulfide) groups is 1. The molecule has 4 rings (SSSR count). The minimum Gasteiger partial charge on any atom is -0.490 e. The van der Waals surface area contributed by atoms with Gasteiger partial charge < -0.3 is 4.74 Å². The van der Waals surface area contributed by atoms with Gasteiger partial charge in [-0.2, -0.15) is 0 Å². The van der Waals surface area contributed by atoms with E-state index in [-0.39, 0.29) is 5.82 Å². The molecule has 0 N–H and O–H groups in total. The fraction of sp³-hybridized carbons (Fsp3) is 0.304. The Hall–Kier alpha value is -2.60. The summed E-state index contributed by atoms with van der Waals surface area (Å²) in [5.41, 5.74) is 1.62. The fourth-order valence-electron chi connectivity index (χ4n) is 3.54. The monoisotopic (exact) mass is 409 g/mol. The smallest absolute Gasteiger partial charge is 0.192 e. The highest BCUT2D eigenvalue weighted by atomic mass is 32.2. The zero-order valence-corrected chi connectivity index (χ0v) is 17.1. The summed E-state index contributed by atoms with van der Waals surface area (Å²) < 4.78 is 22.0. The van der Waals surface area contributed by atoms with Crippen molar-refractivity contribution >= 4 is 11.8 Å². The molecule has 0 saturated heterocycles. The van der Waals surface area contributed by atoms with Crippen molar-refractivity contribution < 1.29 is 9.13 Å². The van der Waals surface area contributed by atoms with Crippen LogP contribution in [-0.2, 0) is 12.3 Å². The Morgan fingerprint density at radius 2 is 1.86 bits per heavy atom. The molecule has 1 heterocycles. The van der Waals surface area contributed by atoms with Crippen LogP contribution in [0.5, 0.6) is 5.75 Å². The second kappa shape index (κ2) is 9.27. The minimum absolute atomic E-state index is 0.201. The summed E-state index contributed by atoms with van der Waals surface area (Å²) in [7, 11) is 0. The number of hydrogen-bond donors (Lipinski definition) is 0. The number of halogens is 1. The topological polar surface area (TPSA) is 39.9 Å². The van der Waals surface area contributed by atoms with E-state index in [1.165, 1.54) is 30.7 Å². The second-order valence-corrected chi connectivity index (χ2v) is 8.08. The van der Waals surface area contributed by atoms with Crippen LogP contribution in [0.15, 0.2) is 66.3 Å². The van der Waals surface area contributed by atoms with Crippen molar-refractivity contribution in [3.8, 4) is 17.1 Å². The Morgan fingerprint density at radius 1 is 1.10 bits per heavy atom. The summed E-state index contributed by atoms with van der Waals surface area (Å²) in [5, 5.41) is 9.46. The number of nitrogens with zero attached hydrogens (tertiary/aromatic N) is 3. The van der Waals surface area contributed by atoms with Gasteiger partial charge in [-0.15, -0.1) is 16.8 Å². The van der Waals surface area contributed by atoms with Crippen LogP contribution in [-0.4, -0.2) is 20.9 Å². The molecule has 0 amide bonds. The Labute approximate surface area is 174 Å². The van der Waals surface area contributed by atoms with Gasteiger partial charge in [-0.05, 0) is 61.6 Å². The summed E-state index contributed by atoms with van der Waals surface area (Å²) in [6.07, 6.45) is 6.93. The molecule has 0 aliphatic heterocycles. The molecule has 6 heteroatoms. The average Bonchev–Trinajstić information content (AvgIpc) is 3.39. The van der Waals surface area contributed by atoms with Gasteiger partial charge in [0.1, 0.15) is 11.6 Å². The predicted octanol–water partition coefficient (Wildman–Crippen LogP) is 5.88. The van der Waals surface area contributed by atoms with E-state index < -0.39 is 0 Å². The van der Waals surface area contributed by atoms with Gasteiger partial charge in [-0.1, -0.05) is 36.0 Å². The van der Waals surface area contributed by atoms with Gasteiger partial charge in [0.2, 0.25) is 0 Å². The van der Waals surface area contributed by atoms with Crippen LogP contribution in [0, 0.1) is 5.82 Å². The number of allylic oxidation sites excluding steroid dienone is 1. The normalized spacial score (nSPS) is 14.2. The summed E-state index contributed by atoms with van der Waals surface area (Å²) in [5.74, 6) is 1.96. The molecule has 1 aliphatic rings. The molecule has 1 saturated carbocycles. The summed E-state index contributed by atoms with van der Waals surface area (Å²) in [6, 6.07) is 14.8. The average molecular weight is 410 g/mol. The fourth-order valence-corrected chi connectivity index (χ4v) is 4.48. The van der Waals surface area contributed by atoms with Crippen LogP contribution in [0.4, 0.5) is 4.39 Å². The van der Waals surface area contributed by atoms with Crippen molar-refractivity contribution in [2.75, 3.05) is 0 Å². The highest BCUT2D eigenvalue weighted by Crippen LogP contribution is 2.29. The molecule has 4 nitrogen and oxygen atoms in total. The van der Waals surface area contributed by atoms with Crippen LogP contribution in [0.2, 0.25) is 0 Å². The van der Waals surface area contributed by atoms with E-state index in [1.807, 2.05) is 41.0 Å². The quantitative estimate of drug-likeness (QED) is 0.344. The van der Waals surface area contributed by atoms with Crippen molar-refractivity contribution in [3.63, 3.8) is 0 Å². The minimum atomic E-state index is -0.201. The first-order valence-electron chi connectivity index (χ1n) is 9.92. The van der Waals surface area contributed by atoms with E-state index in [0.717, 1.165) is 35.1 Å². The lowest BCUT2D eigenvalue weighted by atomic mass is 10.2. The van der Waals surface area contributed by atoms with E-state index in [4.69, 9.17) is 4.74 Å². The molecule has 2 aromatic carbocycles. The van der Waals surface area contributed by atoms with E-state index in [9.17, 15) is 4.39 Å². The van der Waals surface area contributed by atoms with Gasteiger partial charge in [0.15, 0.2) is 11.0 Å². The first-order chi connectivity index (χ1) is 14.2. The third-order valence-corrected chi connectivity index (χ3v) is 6.08. The SMILES string of the molecule is C=CCn1c(SCc2ccccc2F)nnc1-c1ccc(OC2CCCC2)cc1. The molecule has 1 fully saturated rings. The van der Waals surface area contributed by atoms with Crippen LogP contribution in [0.1, 0.15) is 31.2 Å². The van der Waals surface area contributed by atoms with Crippen molar-refractivity contribution in [3.05, 3.63) is 72.6 Å². The number of ether oxygens (including phenoxy) is 1. The maximum atomic E-state index is 13.9. The van der Waals surface area contributed by atoms with Gasteiger partial charge >= 0.3 is 0 Å². The predicted molar refractivity (Wildman–Crippen MR) is 115 cm³/mol. The lowest BCUT2D eigenvalue weighted by Gasteiger charge is -2.13. The van der Waals surface area contributed by atoms with Gasteiger partial charge in [-0.3, -0.25) is 4.57 Å². The summed E-state index contributed by atoms with van der Waals surface area (Å²) in [4.78, 5) is 0. The number of hydrogen-bond acceptors (Lipinski definition) is 4. The Morgan fingerprint density at radius 3 is 2.59 bits per heavy atom. The van der Waals surface area contributed by atoms with Crippen LogP contribution in [0.25, 0.3) is 11.4 Å². The first kappa shape index (κ1) is 19.7. The van der Waals surface area contributed by atoms with Crippen LogP contribution >= 0.6 is 11.8 Å². The Balaban J connectivity index is 1.51. The van der Waals surface area contributed by atoms with Crippen molar-refractivity contribution in [1.29, 1.82) is 0 Å². The molecule has 0 atom stereocenters. The molecular formula is C23H24FN3OS. The third-order valence-electron chi connectivity index (χ3n) is 5.06. The number of rotatable bonds is 8. The molecule has 0 radical (unpaired) electrons. The third kappa shape index (κ3) is 4.70. The molecule has 1 aromatic heterocycles. The molecule has 29 heavy (non-hydrogen) atoms. The zero-order chi connectivity index (χ0) is 20.1. The van der Waals surface area contributed by atoms with Crippen LogP contribution < -0.4 is 4.74 Å². The number of benzene rings is 2. The lowest BCUT2D eigenvalue weighted by Crippen LogP contribution is -2.10. The van der Waals surface area contributed by atoms with Gasteiger partial charge in [0.25, 0.3) is 0 Å². The van der Waals surface area contributed by atoms with Gasteiger partial charge in [0.05, 0.1) is 6.10 Å². The molecule has 1 aliphatic carbocycles. The second-order valence-electron chi connectivity index (χ2n) is 7.13. The van der Waals surface area contributed by atoms with Crippen LogP contribution in [0.3, 0.4) is 0 Å². The maximum Gasteiger partial charge on any atom is 0.192 e. The Bertz CT molecular complexity index is 965. The first-order valence-corrected chi connectivity index (χ1v) is 10.9. The highest BCUT2D eigenvalue weighted by molar-refractivity contribution is 7.98. The van der Waals surface area contributed by atoms with E-state index in [0.29, 0.717) is 24.0 Å². The molecule has 150 valence electrons. The standard InChI is InChI=1S/C23H24FN3OS/c1-2-15-27-22(17-11-13-20(14-12-17)28-19-8-4-5-9-19)25-26-23(27)29-16-18-7-3-6-10-21(18)24/h2-3,6-7,10-14,19H,1,4-5,8-9,15-16H2. The van der Waals surface area contributed by atoms with Gasteiger partial charge in [-0.25, -0.2) is 4.39 Å². The van der Waals surface area contributed by atoms with Gasteiger partial charge in [0, 0.05) is 17.9 Å². The summed E-state index contributed by atoms with van der Waals surface area (Å²) in [6.45, 7) is 4.44. The van der Waals surface area contributed by atoms with E-state index in [1.54, 1.807) is 12.1 Å². The van der Waals surface area contributed by atoms with E-state index in [2.05, 4.69) is 16.8 Å². The zero-order valence-electron chi connectivity index (χ0n) is 16.3. The number of aromatic nitrogens is 3. The largest absolute Gasteiger partial charge is 0.490 e. The Kier molecular flexibility index (Phi) is 6.30. The van der Waals surface area contributed by atoms with Crippen molar-refractivity contribution in [1.82, 2.24) is 14.8 Å². The maximum absolute atomic E-state index is 13.9. The highest BCUT2D eigenvalue weighted by Gasteiger charge is 2.17.